The Morgan fingerprint density at radius 3 is 2.23 bits per heavy atom. The largest absolute Gasteiger partial charge is 0.399 e. The summed E-state index contributed by atoms with van der Waals surface area (Å²) >= 11 is 0. The number of hydrogen-bond acceptors (Lipinski definition) is 4. The molecule has 2 N–H and O–H groups in total. The summed E-state index contributed by atoms with van der Waals surface area (Å²) in [6, 6.07) is 23.0. The summed E-state index contributed by atoms with van der Waals surface area (Å²) in [5, 5.41) is 0. The molecule has 1 aliphatic heterocycles. The van der Waals surface area contributed by atoms with Gasteiger partial charge in [0.15, 0.2) is 0 Å². The van der Waals surface area contributed by atoms with Crippen LogP contribution in [0.4, 0.5) is 10.1 Å². The van der Waals surface area contributed by atoms with Gasteiger partial charge in [0.05, 0.1) is 6.04 Å². The predicted molar refractivity (Wildman–Crippen MR) is 140 cm³/mol. The summed E-state index contributed by atoms with van der Waals surface area (Å²) in [7, 11) is 0. The lowest BCUT2D eigenvalue weighted by atomic mass is 9.95. The molecule has 1 aliphatic rings. The summed E-state index contributed by atoms with van der Waals surface area (Å²) in [5.41, 5.74) is 10.9. The Morgan fingerprint density at radius 2 is 1.60 bits per heavy atom. The van der Waals surface area contributed by atoms with Crippen LogP contribution in [0.1, 0.15) is 46.9 Å². The molecule has 35 heavy (non-hydrogen) atoms. The van der Waals surface area contributed by atoms with E-state index in [1.807, 2.05) is 55.1 Å². The van der Waals surface area contributed by atoms with Gasteiger partial charge in [-0.15, -0.1) is 0 Å². The van der Waals surface area contributed by atoms with E-state index in [9.17, 15) is 9.18 Å². The number of carbonyl (C=O) groups excluding carboxylic acids is 1. The molecule has 0 spiro atoms. The molecule has 0 aromatic heterocycles. The first-order valence-corrected chi connectivity index (χ1v) is 12.4. The highest BCUT2D eigenvalue weighted by Gasteiger charge is 2.27. The zero-order chi connectivity index (χ0) is 24.8. The van der Waals surface area contributed by atoms with Crippen LogP contribution in [0.5, 0.6) is 0 Å². The molecule has 1 amide bonds. The molecule has 0 bridgehead atoms. The lowest BCUT2D eigenvalue weighted by Gasteiger charge is -2.40. The number of nitrogens with two attached hydrogens (primary N) is 1. The molecule has 1 heterocycles. The second kappa shape index (κ2) is 11.5. The third-order valence-electron chi connectivity index (χ3n) is 6.82. The SMILES string of the molecule is CCN(CC)C(=O)c1ccc(C(c2cccc(N)c2)N2CCN(Cc3cccc(F)c3)CC2)cc1. The number of nitrogens with zero attached hydrogens (tertiary/aromatic N) is 3. The van der Waals surface area contributed by atoms with Gasteiger partial charge in [-0.25, -0.2) is 4.39 Å². The molecule has 3 aromatic carbocycles. The Morgan fingerprint density at radius 1 is 0.914 bits per heavy atom. The van der Waals surface area contributed by atoms with Gasteiger partial charge in [0, 0.05) is 57.1 Å². The van der Waals surface area contributed by atoms with Crippen LogP contribution >= 0.6 is 0 Å². The normalized spacial score (nSPS) is 15.6. The second-order valence-electron chi connectivity index (χ2n) is 9.11. The minimum Gasteiger partial charge on any atom is -0.399 e. The van der Waals surface area contributed by atoms with Gasteiger partial charge in [0.25, 0.3) is 5.91 Å². The fourth-order valence-electron chi connectivity index (χ4n) is 4.92. The molecule has 0 saturated carbocycles. The standard InChI is InChI=1S/C29H35FN4O/c1-3-33(4-2)29(35)24-13-11-23(12-14-24)28(25-8-6-10-27(31)20-25)34-17-15-32(16-18-34)21-22-7-5-9-26(30)19-22/h5-14,19-20,28H,3-4,15-18,21,31H2,1-2H3. The highest BCUT2D eigenvalue weighted by Crippen LogP contribution is 2.31. The van der Waals surface area contributed by atoms with Crippen molar-refractivity contribution < 1.29 is 9.18 Å². The Bertz CT molecular complexity index is 1120. The maximum atomic E-state index is 13.6. The maximum absolute atomic E-state index is 13.6. The van der Waals surface area contributed by atoms with Crippen molar-refractivity contribution in [1.82, 2.24) is 14.7 Å². The lowest BCUT2D eigenvalue weighted by Crippen LogP contribution is -2.47. The van der Waals surface area contributed by atoms with Gasteiger partial charge in [-0.05, 0) is 66.9 Å². The van der Waals surface area contributed by atoms with Crippen LogP contribution in [0.15, 0.2) is 72.8 Å². The first-order chi connectivity index (χ1) is 17.0. The number of hydrogen-bond donors (Lipinski definition) is 1. The average molecular weight is 475 g/mol. The van der Waals surface area contributed by atoms with E-state index in [-0.39, 0.29) is 17.8 Å². The van der Waals surface area contributed by atoms with Crippen molar-refractivity contribution >= 4 is 11.6 Å². The highest BCUT2D eigenvalue weighted by molar-refractivity contribution is 5.94. The van der Waals surface area contributed by atoms with Gasteiger partial charge in [-0.1, -0.05) is 36.4 Å². The Balaban J connectivity index is 1.53. The second-order valence-corrected chi connectivity index (χ2v) is 9.11. The number of anilines is 1. The molecule has 1 saturated heterocycles. The quantitative estimate of drug-likeness (QED) is 0.477. The van der Waals surface area contributed by atoms with Crippen molar-refractivity contribution in [2.75, 3.05) is 45.0 Å². The predicted octanol–water partition coefficient (Wildman–Crippen LogP) is 4.80. The van der Waals surface area contributed by atoms with Crippen molar-refractivity contribution in [3.05, 3.63) is 101 Å². The molecule has 3 aromatic rings. The van der Waals surface area contributed by atoms with Crippen LogP contribution in [0.25, 0.3) is 0 Å². The molecule has 1 fully saturated rings. The average Bonchev–Trinajstić information content (AvgIpc) is 2.86. The van der Waals surface area contributed by atoms with Crippen LogP contribution in [-0.4, -0.2) is 59.9 Å². The van der Waals surface area contributed by atoms with Crippen LogP contribution in [-0.2, 0) is 6.54 Å². The lowest BCUT2D eigenvalue weighted by molar-refractivity contribution is 0.0773. The number of amides is 1. The number of benzene rings is 3. The molecule has 6 heteroatoms. The van der Waals surface area contributed by atoms with E-state index >= 15 is 0 Å². The van der Waals surface area contributed by atoms with Crippen molar-refractivity contribution in [1.29, 1.82) is 0 Å². The Kier molecular flexibility index (Phi) is 8.16. The monoisotopic (exact) mass is 474 g/mol. The van der Waals surface area contributed by atoms with Gasteiger partial charge in [-0.3, -0.25) is 14.6 Å². The Hall–Kier alpha value is -3.22. The van der Waals surface area contributed by atoms with E-state index in [1.165, 1.54) is 6.07 Å². The molecule has 4 rings (SSSR count). The van der Waals surface area contributed by atoms with Crippen LogP contribution < -0.4 is 5.73 Å². The molecule has 5 nitrogen and oxygen atoms in total. The van der Waals surface area contributed by atoms with Gasteiger partial charge >= 0.3 is 0 Å². The van der Waals surface area contributed by atoms with E-state index in [0.29, 0.717) is 18.7 Å². The first kappa shape index (κ1) is 24.9. The summed E-state index contributed by atoms with van der Waals surface area (Å²) in [6.07, 6.45) is 0. The van der Waals surface area contributed by atoms with Crippen molar-refractivity contribution in [2.45, 2.75) is 26.4 Å². The number of nitrogen functional groups attached to an aromatic ring is 1. The van der Waals surface area contributed by atoms with Gasteiger partial charge in [0.1, 0.15) is 5.82 Å². The summed E-state index contributed by atoms with van der Waals surface area (Å²) < 4.78 is 13.6. The van der Waals surface area contributed by atoms with Crippen molar-refractivity contribution in [2.24, 2.45) is 0 Å². The summed E-state index contributed by atoms with van der Waals surface area (Å²) in [6.45, 7) is 9.70. The molecular formula is C29H35FN4O. The first-order valence-electron chi connectivity index (χ1n) is 12.4. The summed E-state index contributed by atoms with van der Waals surface area (Å²) in [5.74, 6) is -0.126. The summed E-state index contributed by atoms with van der Waals surface area (Å²) in [4.78, 5) is 19.5. The number of rotatable bonds is 8. The Labute approximate surface area is 208 Å². The van der Waals surface area contributed by atoms with E-state index in [2.05, 4.69) is 28.0 Å². The van der Waals surface area contributed by atoms with E-state index in [1.54, 1.807) is 12.1 Å². The highest BCUT2D eigenvalue weighted by atomic mass is 19.1. The molecule has 0 radical (unpaired) electrons. The fourth-order valence-corrected chi connectivity index (χ4v) is 4.92. The number of piperazine rings is 1. The molecule has 184 valence electrons. The smallest absolute Gasteiger partial charge is 0.253 e. The van der Waals surface area contributed by atoms with E-state index in [0.717, 1.165) is 55.1 Å². The van der Waals surface area contributed by atoms with Crippen LogP contribution in [0.2, 0.25) is 0 Å². The molecule has 1 unspecified atom stereocenters. The van der Waals surface area contributed by atoms with E-state index < -0.39 is 0 Å². The number of halogens is 1. The zero-order valence-corrected chi connectivity index (χ0v) is 20.7. The van der Waals surface area contributed by atoms with E-state index in [4.69, 9.17) is 5.73 Å². The topological polar surface area (TPSA) is 52.8 Å². The van der Waals surface area contributed by atoms with Gasteiger partial charge < -0.3 is 10.6 Å². The number of carbonyl (C=O) groups is 1. The molecular weight excluding hydrogens is 439 g/mol. The third kappa shape index (κ3) is 6.08. The maximum Gasteiger partial charge on any atom is 0.253 e. The third-order valence-corrected chi connectivity index (χ3v) is 6.82. The molecule has 1 atom stereocenters. The van der Waals surface area contributed by atoms with Crippen LogP contribution in [0.3, 0.4) is 0 Å². The van der Waals surface area contributed by atoms with Gasteiger partial charge in [0.2, 0.25) is 0 Å². The molecule has 0 aliphatic carbocycles. The minimum absolute atomic E-state index is 0.0485. The van der Waals surface area contributed by atoms with Crippen molar-refractivity contribution in [3.63, 3.8) is 0 Å². The van der Waals surface area contributed by atoms with Crippen LogP contribution in [0, 0.1) is 5.82 Å². The van der Waals surface area contributed by atoms with Gasteiger partial charge in [-0.2, -0.15) is 0 Å². The minimum atomic E-state index is -0.189. The zero-order valence-electron chi connectivity index (χ0n) is 20.7. The fraction of sp³-hybridized carbons (Fsp3) is 0.345. The van der Waals surface area contributed by atoms with Crippen molar-refractivity contribution in [3.8, 4) is 0 Å².